The Hall–Kier alpha value is -2.39. The maximum atomic E-state index is 13.0. The minimum absolute atomic E-state index is 0.0734. The molecular weight excluding hydrogens is 352 g/mol. The highest BCUT2D eigenvalue weighted by molar-refractivity contribution is 5.94. The van der Waals surface area contributed by atoms with Crippen LogP contribution in [-0.2, 0) is 4.79 Å². The molecule has 2 heterocycles. The summed E-state index contributed by atoms with van der Waals surface area (Å²) in [5, 5.41) is 12.7. The Morgan fingerprint density at radius 2 is 1.89 bits per heavy atom. The summed E-state index contributed by atoms with van der Waals surface area (Å²) in [7, 11) is 0. The molecule has 1 N–H and O–H groups in total. The standard InChI is InChI=1S/C22H28N4O2/c23-16-22(10-5-2-6-11-22)21(28)24-13-19-15-26(18-9-12-25(19)14-18)20(27)17-7-3-1-4-8-17/h1,3-4,7-8,18-19H,2,5-6,9-15H2,(H,24,28). The number of piperazine rings is 1. The number of carbonyl (C=O) groups is 2. The summed E-state index contributed by atoms with van der Waals surface area (Å²) in [6, 6.07) is 12.1. The monoisotopic (exact) mass is 380 g/mol. The van der Waals surface area contributed by atoms with Gasteiger partial charge in [-0.15, -0.1) is 0 Å². The molecule has 6 nitrogen and oxygen atoms in total. The van der Waals surface area contributed by atoms with Crippen LogP contribution in [-0.4, -0.2) is 59.9 Å². The molecule has 0 radical (unpaired) electrons. The van der Waals surface area contributed by atoms with Crippen molar-refractivity contribution in [3.8, 4) is 6.07 Å². The lowest BCUT2D eigenvalue weighted by atomic mass is 9.74. The summed E-state index contributed by atoms with van der Waals surface area (Å²) in [4.78, 5) is 30.2. The lowest BCUT2D eigenvalue weighted by Gasteiger charge is -2.40. The van der Waals surface area contributed by atoms with Gasteiger partial charge in [0.05, 0.1) is 6.07 Å². The van der Waals surface area contributed by atoms with Crippen molar-refractivity contribution in [1.82, 2.24) is 15.1 Å². The van der Waals surface area contributed by atoms with Gasteiger partial charge in [-0.1, -0.05) is 37.5 Å². The largest absolute Gasteiger partial charge is 0.353 e. The zero-order chi connectivity index (χ0) is 19.6. The molecule has 2 saturated heterocycles. The Morgan fingerprint density at radius 3 is 2.61 bits per heavy atom. The van der Waals surface area contributed by atoms with E-state index in [9.17, 15) is 14.9 Å². The summed E-state index contributed by atoms with van der Waals surface area (Å²) in [6.45, 7) is 2.93. The van der Waals surface area contributed by atoms with E-state index in [0.29, 0.717) is 25.9 Å². The maximum absolute atomic E-state index is 13.0. The van der Waals surface area contributed by atoms with Gasteiger partial charge >= 0.3 is 0 Å². The first-order valence-electron chi connectivity index (χ1n) is 10.4. The molecule has 3 unspecified atom stereocenters. The normalized spacial score (nSPS) is 28.4. The van der Waals surface area contributed by atoms with Crippen LogP contribution in [0.2, 0.25) is 0 Å². The molecule has 2 amide bonds. The predicted octanol–water partition coefficient (Wildman–Crippen LogP) is 2.18. The fourth-order valence-electron chi connectivity index (χ4n) is 4.96. The summed E-state index contributed by atoms with van der Waals surface area (Å²) in [5.74, 6) is -0.0544. The van der Waals surface area contributed by atoms with Gasteiger partial charge in [-0.3, -0.25) is 14.5 Å². The van der Waals surface area contributed by atoms with Crippen molar-refractivity contribution in [2.24, 2.45) is 5.41 Å². The van der Waals surface area contributed by atoms with E-state index >= 15 is 0 Å². The van der Waals surface area contributed by atoms with E-state index in [1.54, 1.807) is 0 Å². The zero-order valence-corrected chi connectivity index (χ0v) is 16.3. The number of nitrogens with zero attached hydrogens (tertiary/aromatic N) is 3. The second-order valence-electron chi connectivity index (χ2n) is 8.38. The van der Waals surface area contributed by atoms with Gasteiger partial charge in [0.2, 0.25) is 5.91 Å². The van der Waals surface area contributed by atoms with Crippen LogP contribution in [0.15, 0.2) is 30.3 Å². The van der Waals surface area contributed by atoms with Gasteiger partial charge in [0.1, 0.15) is 5.41 Å². The first kappa shape index (κ1) is 18.9. The summed E-state index contributed by atoms with van der Waals surface area (Å²) >= 11 is 0. The second kappa shape index (κ2) is 7.92. The molecule has 6 heteroatoms. The van der Waals surface area contributed by atoms with Crippen molar-refractivity contribution < 1.29 is 9.59 Å². The average Bonchev–Trinajstić information content (AvgIpc) is 3.17. The Kier molecular flexibility index (Phi) is 5.36. The Balaban J connectivity index is 1.41. The smallest absolute Gasteiger partial charge is 0.254 e. The van der Waals surface area contributed by atoms with Gasteiger partial charge in [0.15, 0.2) is 0 Å². The summed E-state index contributed by atoms with van der Waals surface area (Å²) < 4.78 is 0. The predicted molar refractivity (Wildman–Crippen MR) is 105 cm³/mol. The SMILES string of the molecule is N#CC1(C(=O)NCC2CN(C(=O)c3ccccc3)C3CCN2C3)CCCCC1. The molecule has 3 fully saturated rings. The number of carbonyl (C=O) groups excluding carboxylic acids is 2. The van der Waals surface area contributed by atoms with Crippen LogP contribution >= 0.6 is 0 Å². The van der Waals surface area contributed by atoms with Crippen molar-refractivity contribution in [3.05, 3.63) is 35.9 Å². The van der Waals surface area contributed by atoms with Crippen molar-refractivity contribution in [2.45, 2.75) is 50.6 Å². The number of fused-ring (bicyclic) bond motifs is 2. The number of benzene rings is 1. The number of nitriles is 1. The number of rotatable bonds is 4. The fourth-order valence-corrected chi connectivity index (χ4v) is 4.96. The number of amides is 2. The Bertz CT molecular complexity index is 766. The highest BCUT2D eigenvalue weighted by Crippen LogP contribution is 2.36. The summed E-state index contributed by atoms with van der Waals surface area (Å²) in [6.07, 6.45) is 5.28. The van der Waals surface area contributed by atoms with Crippen LogP contribution in [0.1, 0.15) is 48.9 Å². The average molecular weight is 380 g/mol. The van der Waals surface area contributed by atoms with Crippen molar-refractivity contribution in [3.63, 3.8) is 0 Å². The van der Waals surface area contributed by atoms with Gasteiger partial charge in [-0.25, -0.2) is 0 Å². The topological polar surface area (TPSA) is 76.4 Å². The fraction of sp³-hybridized carbons (Fsp3) is 0.591. The van der Waals surface area contributed by atoms with E-state index in [1.807, 2.05) is 35.2 Å². The first-order valence-corrected chi connectivity index (χ1v) is 10.4. The van der Waals surface area contributed by atoms with E-state index in [0.717, 1.165) is 44.3 Å². The molecule has 28 heavy (non-hydrogen) atoms. The van der Waals surface area contributed by atoms with Gasteiger partial charge in [-0.2, -0.15) is 5.26 Å². The Labute approximate surface area is 166 Å². The van der Waals surface area contributed by atoms with Crippen LogP contribution in [0.3, 0.4) is 0 Å². The Morgan fingerprint density at radius 1 is 1.14 bits per heavy atom. The summed E-state index contributed by atoms with van der Waals surface area (Å²) in [5.41, 5.74) is -0.142. The van der Waals surface area contributed by atoms with E-state index in [1.165, 1.54) is 0 Å². The van der Waals surface area contributed by atoms with Crippen LogP contribution in [0.5, 0.6) is 0 Å². The van der Waals surface area contributed by atoms with E-state index in [-0.39, 0.29) is 23.9 Å². The van der Waals surface area contributed by atoms with Crippen LogP contribution < -0.4 is 5.32 Å². The molecule has 2 bridgehead atoms. The van der Waals surface area contributed by atoms with Gasteiger partial charge in [0, 0.05) is 43.8 Å². The van der Waals surface area contributed by atoms with E-state index in [2.05, 4.69) is 16.3 Å². The third-order valence-corrected chi connectivity index (χ3v) is 6.70. The molecule has 3 atom stereocenters. The quantitative estimate of drug-likeness (QED) is 0.869. The molecule has 1 aliphatic carbocycles. The lowest BCUT2D eigenvalue weighted by molar-refractivity contribution is -0.129. The van der Waals surface area contributed by atoms with Gasteiger partial charge < -0.3 is 10.2 Å². The molecule has 0 aromatic heterocycles. The van der Waals surface area contributed by atoms with Crippen molar-refractivity contribution >= 4 is 11.8 Å². The molecular formula is C22H28N4O2. The third-order valence-electron chi connectivity index (χ3n) is 6.70. The van der Waals surface area contributed by atoms with Crippen molar-refractivity contribution in [1.29, 1.82) is 5.26 Å². The molecule has 1 saturated carbocycles. The molecule has 148 valence electrons. The van der Waals surface area contributed by atoms with E-state index < -0.39 is 5.41 Å². The number of hydrogen-bond donors (Lipinski definition) is 1. The number of nitrogens with one attached hydrogen (secondary N) is 1. The minimum atomic E-state index is -0.861. The van der Waals surface area contributed by atoms with E-state index in [4.69, 9.17) is 0 Å². The zero-order valence-electron chi connectivity index (χ0n) is 16.3. The van der Waals surface area contributed by atoms with Gasteiger partial charge in [-0.05, 0) is 31.4 Å². The van der Waals surface area contributed by atoms with Crippen LogP contribution in [0, 0.1) is 16.7 Å². The maximum Gasteiger partial charge on any atom is 0.254 e. The molecule has 4 rings (SSSR count). The highest BCUT2D eigenvalue weighted by atomic mass is 16.2. The second-order valence-corrected chi connectivity index (χ2v) is 8.38. The lowest BCUT2D eigenvalue weighted by Crippen LogP contribution is -2.58. The molecule has 3 aliphatic rings. The van der Waals surface area contributed by atoms with Crippen molar-refractivity contribution in [2.75, 3.05) is 26.2 Å². The minimum Gasteiger partial charge on any atom is -0.353 e. The van der Waals surface area contributed by atoms with Crippen LogP contribution in [0.4, 0.5) is 0 Å². The highest BCUT2D eigenvalue weighted by Gasteiger charge is 2.43. The van der Waals surface area contributed by atoms with Crippen LogP contribution in [0.25, 0.3) is 0 Å². The molecule has 2 aliphatic heterocycles. The molecule has 0 spiro atoms. The van der Waals surface area contributed by atoms with Gasteiger partial charge in [0.25, 0.3) is 5.91 Å². The number of hydrogen-bond acceptors (Lipinski definition) is 4. The third kappa shape index (κ3) is 3.51. The first-order chi connectivity index (χ1) is 13.6. The molecule has 1 aromatic carbocycles. The molecule has 1 aromatic rings.